The van der Waals surface area contributed by atoms with Crippen molar-refractivity contribution in [3.05, 3.63) is 101 Å². The van der Waals surface area contributed by atoms with Crippen molar-refractivity contribution >= 4 is 88.3 Å². The molecule has 19 atom stereocenters. The lowest BCUT2D eigenvalue weighted by Crippen LogP contribution is -2.33. The molecule has 0 spiro atoms. The highest BCUT2D eigenvalue weighted by Crippen LogP contribution is 2.55. The van der Waals surface area contributed by atoms with E-state index in [9.17, 15) is 72.0 Å². The van der Waals surface area contributed by atoms with Gasteiger partial charge in [-0.1, -0.05) is 0 Å². The summed E-state index contributed by atoms with van der Waals surface area (Å²) >= 11 is 0. The standard InChI is InChI=1S/C49H62N20O28P4/c1-19-9-66(49(76)64-43(19)72)33-7-23(28(92-33)13-86-99(79,80)94-21-5-35(89-25(21)10-70)69-18-58-38-42(69)61-47(53)63-45(38)74)96-100(81,82)88-14-29-24(8-34(93-29)67-16-56-36-39(51)54-15-55-40(36)67)97-101(83,84)87-12-27-22(6-32(91-27)65-3-2-30(50)59-48(65)75)95-98(77,78)85-11-26-20(71)4-31(90-26)68-17-57-37-41(68)60-46(52)62-44(37)73/h2-3,9,15-18,20-29,31-35,70-71H,4-8,10-14H2,1H3,(H,77,78)(H,79,80)(H,81,82)(H,83,84)(H2,50,59,75)(H2,51,54,55)(H,64,72,76)(H3,52,60,62,73)(H3,53,61,63,74)/t20-,21-,22-,23-,24-,25+,26+,27+,28+,29+,31+,32+,33+,34+,35+/m0/s1. The molecule has 52 heteroatoms. The number of aryl methyl sites for hydroxylation is 1. The molecule has 0 amide bonds. The number of fused-ring (bicyclic) bond motifs is 3. The highest BCUT2D eigenvalue weighted by molar-refractivity contribution is 7.48. The lowest BCUT2D eigenvalue weighted by molar-refractivity contribution is -0.0642. The predicted octanol–water partition coefficient (Wildman–Crippen LogP) is -2.66. The Labute approximate surface area is 560 Å². The molecule has 0 saturated carbocycles. The largest absolute Gasteiger partial charge is 0.472 e. The van der Waals surface area contributed by atoms with Crippen LogP contribution < -0.4 is 51.0 Å². The summed E-state index contributed by atoms with van der Waals surface area (Å²) in [7, 11) is -21.5. The third-order valence-corrected chi connectivity index (χ3v) is 20.7. The Morgan fingerprint density at radius 3 is 1.39 bits per heavy atom. The van der Waals surface area contributed by atoms with Crippen molar-refractivity contribution in [1.82, 2.24) is 77.7 Å². The zero-order valence-electron chi connectivity index (χ0n) is 51.8. The van der Waals surface area contributed by atoms with Crippen LogP contribution in [0.5, 0.6) is 0 Å². The zero-order chi connectivity index (χ0) is 71.8. The van der Waals surface area contributed by atoms with Gasteiger partial charge in [-0.05, 0) is 13.0 Å². The Balaban J connectivity index is 0.693. The van der Waals surface area contributed by atoms with E-state index in [1.165, 1.54) is 51.9 Å². The maximum absolute atomic E-state index is 14.2. The minimum Gasteiger partial charge on any atom is -0.394 e. The number of hydrogen-bond donors (Lipinski definition) is 13. The number of aliphatic hydroxyl groups is 2. The number of ether oxygens (including phenoxy) is 5. The number of aromatic amines is 3. The van der Waals surface area contributed by atoms with E-state index < -0.39 is 204 Å². The summed E-state index contributed by atoms with van der Waals surface area (Å²) in [6.45, 7) is -3.22. The number of aliphatic hydroxyl groups excluding tert-OH is 2. The number of nitrogens with two attached hydrogens (primary N) is 4. The number of nitrogens with one attached hydrogen (secondary N) is 3. The van der Waals surface area contributed by atoms with Crippen LogP contribution in [-0.4, -0.2) is 202 Å². The molecule has 0 radical (unpaired) electrons. The number of aromatic nitrogens is 16. The number of imidazole rings is 3. The highest BCUT2D eigenvalue weighted by atomic mass is 31.2. The van der Waals surface area contributed by atoms with Gasteiger partial charge >= 0.3 is 42.7 Å². The van der Waals surface area contributed by atoms with E-state index in [2.05, 4.69) is 54.8 Å². The van der Waals surface area contributed by atoms with Crippen LogP contribution in [-0.2, 0) is 78.1 Å². The van der Waals surface area contributed by atoms with Gasteiger partial charge in [-0.2, -0.15) is 15.0 Å². The summed E-state index contributed by atoms with van der Waals surface area (Å²) in [5, 5.41) is 21.1. The topological polar surface area (TPSA) is 674 Å². The van der Waals surface area contributed by atoms with Gasteiger partial charge in [-0.25, -0.2) is 52.8 Å². The number of nitrogens with zero attached hydrogens (tertiary/aromatic N) is 13. The minimum atomic E-state index is -5.51. The number of anilines is 4. The van der Waals surface area contributed by atoms with E-state index in [0.717, 1.165) is 21.7 Å². The number of H-pyrrole nitrogens is 3. The summed E-state index contributed by atoms with van der Waals surface area (Å²) in [5.41, 5.74) is 19.2. The second-order valence-electron chi connectivity index (χ2n) is 23.4. The van der Waals surface area contributed by atoms with Crippen LogP contribution in [0.25, 0.3) is 33.5 Å². The van der Waals surface area contributed by atoms with Gasteiger partial charge in [0.05, 0.1) is 58.1 Å². The average molecular weight is 1500 g/mol. The molecule has 0 aromatic carbocycles. The van der Waals surface area contributed by atoms with Crippen LogP contribution >= 0.6 is 31.3 Å². The highest BCUT2D eigenvalue weighted by Gasteiger charge is 2.50. The van der Waals surface area contributed by atoms with Crippen LogP contribution in [0.15, 0.2) is 67.7 Å². The average Bonchev–Trinajstić information content (AvgIpc) is 1.98. The molecule has 5 aliphatic rings. The molecule has 13 heterocycles. The van der Waals surface area contributed by atoms with E-state index >= 15 is 0 Å². The van der Waals surface area contributed by atoms with Crippen LogP contribution in [0.2, 0.25) is 0 Å². The van der Waals surface area contributed by atoms with E-state index in [1.807, 2.05) is 0 Å². The fraction of sp³-hybridized carbons (Fsp3) is 0.531. The monoisotopic (exact) mass is 1500 g/mol. The molecule has 13 rings (SSSR count). The molecule has 4 unspecified atom stereocenters. The lowest BCUT2D eigenvalue weighted by atomic mass is 10.2. The van der Waals surface area contributed by atoms with Gasteiger partial charge in [0.15, 0.2) is 33.8 Å². The molecule has 17 N–H and O–H groups in total. The van der Waals surface area contributed by atoms with Crippen LogP contribution in [0, 0.1) is 6.92 Å². The van der Waals surface area contributed by atoms with Crippen molar-refractivity contribution in [3.63, 3.8) is 0 Å². The Kier molecular flexibility index (Phi) is 19.9. The zero-order valence-corrected chi connectivity index (χ0v) is 55.4. The number of hydrogen-bond acceptors (Lipinski definition) is 36. The first-order valence-electron chi connectivity index (χ1n) is 30.1. The second kappa shape index (κ2) is 28.1. The number of rotatable bonds is 26. The molecule has 5 saturated heterocycles. The Morgan fingerprint density at radius 1 is 0.505 bits per heavy atom. The maximum atomic E-state index is 14.2. The fourth-order valence-electron chi connectivity index (χ4n) is 11.9. The molecular weight excluding hydrogens is 1440 g/mol. The summed E-state index contributed by atoms with van der Waals surface area (Å²) in [6.07, 6.45) is -16.2. The van der Waals surface area contributed by atoms with Gasteiger partial charge in [0.25, 0.3) is 16.7 Å². The van der Waals surface area contributed by atoms with Gasteiger partial charge in [-0.3, -0.25) is 88.4 Å². The molecule has 8 aromatic rings. The molecular formula is C49H62N20O28P4. The normalized spacial score (nSPS) is 29.4. The first-order chi connectivity index (χ1) is 47.9. The quantitative estimate of drug-likeness (QED) is 0.0246. The van der Waals surface area contributed by atoms with Crippen molar-refractivity contribution in [3.8, 4) is 0 Å². The Morgan fingerprint density at radius 2 is 0.911 bits per heavy atom. The van der Waals surface area contributed by atoms with Crippen molar-refractivity contribution in [2.45, 2.75) is 131 Å². The van der Waals surface area contributed by atoms with Gasteiger partial charge in [0, 0.05) is 50.1 Å². The van der Waals surface area contributed by atoms with E-state index in [1.54, 1.807) is 0 Å². The van der Waals surface area contributed by atoms with E-state index in [0.29, 0.717) is 0 Å². The summed E-state index contributed by atoms with van der Waals surface area (Å²) < 4.78 is 135. The predicted molar refractivity (Wildman–Crippen MR) is 332 cm³/mol. The molecule has 5 fully saturated rings. The molecule has 8 aromatic heterocycles. The van der Waals surface area contributed by atoms with Gasteiger partial charge in [0.2, 0.25) is 11.9 Å². The van der Waals surface area contributed by atoms with E-state index in [-0.39, 0.29) is 75.4 Å². The Bertz CT molecular complexity index is 4970. The molecule has 546 valence electrons. The van der Waals surface area contributed by atoms with Gasteiger partial charge in [0.1, 0.15) is 104 Å². The second-order valence-corrected chi connectivity index (χ2v) is 29.0. The van der Waals surface area contributed by atoms with Crippen LogP contribution in [0.4, 0.5) is 23.5 Å². The smallest absolute Gasteiger partial charge is 0.394 e. The van der Waals surface area contributed by atoms with E-state index in [4.69, 9.17) is 82.8 Å². The molecule has 101 heavy (non-hydrogen) atoms. The maximum Gasteiger partial charge on any atom is 0.472 e. The number of phosphoric acid groups is 4. The van der Waals surface area contributed by atoms with Crippen molar-refractivity contribution in [1.29, 1.82) is 0 Å². The lowest BCUT2D eigenvalue weighted by Gasteiger charge is -2.25. The molecule has 5 aliphatic heterocycles. The molecule has 0 bridgehead atoms. The third-order valence-electron chi connectivity index (χ3n) is 16.6. The molecule has 48 nitrogen and oxygen atoms in total. The van der Waals surface area contributed by atoms with Crippen molar-refractivity contribution in [2.24, 2.45) is 0 Å². The van der Waals surface area contributed by atoms with Crippen molar-refractivity contribution in [2.75, 3.05) is 56.0 Å². The minimum absolute atomic E-state index is 0.0143. The van der Waals surface area contributed by atoms with Crippen molar-refractivity contribution < 1.29 is 108 Å². The van der Waals surface area contributed by atoms with Crippen LogP contribution in [0.3, 0.4) is 0 Å². The number of nitrogen functional groups attached to an aromatic ring is 4. The summed E-state index contributed by atoms with van der Waals surface area (Å²) in [5.74, 6) is -0.726. The third kappa shape index (κ3) is 15.5. The molecule has 0 aliphatic carbocycles. The SMILES string of the molecule is Cc1cn([C@H]2C[C@H](OP(=O)(O)OC[C@H]3O[C@@H](n4cnc5c(N)ncnc54)C[C@@H]3OP(=O)(O)OC[C@H]3O[C@@H](n4ccc(N)nc4=O)C[C@@H]3OP(=O)(O)OC[C@H]3O[C@@H](n4cnc5c(=O)[nH]c(N)nc54)C[C@@H]3O)[C@@H](COP(=O)(O)O[C@H]3C[C@H](n4cnc5c(=O)[nH]c(N)nc54)O[C@@H]3CO)O2)c(=O)[nH]c1=O. The summed E-state index contributed by atoms with van der Waals surface area (Å²) in [4.78, 5) is 148. The summed E-state index contributed by atoms with van der Waals surface area (Å²) in [6, 6.07) is 1.23. The van der Waals surface area contributed by atoms with Gasteiger partial charge in [-0.15, -0.1) is 0 Å². The first kappa shape index (κ1) is 71.6. The van der Waals surface area contributed by atoms with Crippen LogP contribution in [0.1, 0.15) is 68.8 Å². The number of phosphoric ester groups is 4. The fourth-order valence-corrected chi connectivity index (χ4v) is 15.7. The first-order valence-corrected chi connectivity index (χ1v) is 36.1. The Hall–Kier alpha value is -7.83. The van der Waals surface area contributed by atoms with Gasteiger partial charge < -0.3 is 76.4 Å².